The van der Waals surface area contributed by atoms with Gasteiger partial charge in [0.1, 0.15) is 0 Å². The number of nitrogens with zero attached hydrogens (tertiary/aromatic N) is 2. The van der Waals surface area contributed by atoms with Gasteiger partial charge < -0.3 is 4.42 Å². The van der Waals surface area contributed by atoms with E-state index in [1.54, 1.807) is 11.8 Å². The van der Waals surface area contributed by atoms with Crippen LogP contribution in [0.5, 0.6) is 0 Å². The van der Waals surface area contributed by atoms with E-state index in [9.17, 15) is 0 Å². The van der Waals surface area contributed by atoms with Crippen LogP contribution in [0.15, 0.2) is 50.5 Å². The molecule has 0 radical (unpaired) electrons. The van der Waals surface area contributed by atoms with Crippen LogP contribution in [0.4, 0.5) is 0 Å². The van der Waals surface area contributed by atoms with E-state index in [-0.39, 0.29) is 0 Å². The predicted octanol–water partition coefficient (Wildman–Crippen LogP) is 5.72. The molecule has 3 nitrogen and oxygen atoms in total. The lowest BCUT2D eigenvalue weighted by molar-refractivity contribution is 0.466. The Hall–Kier alpha value is -1.59. The van der Waals surface area contributed by atoms with Gasteiger partial charge in [0, 0.05) is 15.8 Å². The molecule has 1 heterocycles. The zero-order chi connectivity index (χ0) is 16.4. The third-order valence-corrected chi connectivity index (χ3v) is 5.05. The van der Waals surface area contributed by atoms with E-state index in [0.717, 1.165) is 15.8 Å². The first-order valence-corrected chi connectivity index (χ1v) is 9.10. The summed E-state index contributed by atoms with van der Waals surface area (Å²) in [6.07, 6.45) is 0. The normalized spacial score (nSPS) is 11.0. The fourth-order valence-corrected chi connectivity index (χ4v) is 3.77. The first-order valence-electron chi connectivity index (χ1n) is 7.32. The Morgan fingerprint density at radius 2 is 1.65 bits per heavy atom. The van der Waals surface area contributed by atoms with Gasteiger partial charge >= 0.3 is 0 Å². The van der Waals surface area contributed by atoms with Gasteiger partial charge in [0.05, 0.1) is 0 Å². The molecule has 0 saturated heterocycles. The van der Waals surface area contributed by atoms with E-state index in [1.807, 2.05) is 24.3 Å². The summed E-state index contributed by atoms with van der Waals surface area (Å²) >= 11 is 5.00. The summed E-state index contributed by atoms with van der Waals surface area (Å²) in [7, 11) is 0. The standard InChI is InChI=1S/C18H17BrN2OS/c1-11-8-12(2)16(13(3)9-11)10-23-18-21-20-17(22-18)14-4-6-15(19)7-5-14/h4-9H,10H2,1-3H3. The highest BCUT2D eigenvalue weighted by Gasteiger charge is 2.11. The Labute approximate surface area is 148 Å². The molecular weight excluding hydrogens is 372 g/mol. The van der Waals surface area contributed by atoms with Crippen molar-refractivity contribution in [1.82, 2.24) is 10.2 Å². The molecule has 0 aliphatic carbocycles. The molecule has 118 valence electrons. The van der Waals surface area contributed by atoms with E-state index in [1.165, 1.54) is 22.3 Å². The molecule has 0 atom stereocenters. The molecule has 0 saturated carbocycles. The Balaban J connectivity index is 1.74. The topological polar surface area (TPSA) is 38.9 Å². The fourth-order valence-electron chi connectivity index (χ4n) is 2.55. The van der Waals surface area contributed by atoms with Crippen LogP contribution in [0.25, 0.3) is 11.5 Å². The number of halogens is 1. The van der Waals surface area contributed by atoms with Crippen molar-refractivity contribution < 1.29 is 4.42 Å². The van der Waals surface area contributed by atoms with Gasteiger partial charge in [-0.2, -0.15) is 0 Å². The molecule has 23 heavy (non-hydrogen) atoms. The molecule has 0 aliphatic heterocycles. The first-order chi connectivity index (χ1) is 11.0. The maximum Gasteiger partial charge on any atom is 0.277 e. The molecule has 3 rings (SSSR count). The number of aryl methyl sites for hydroxylation is 3. The van der Waals surface area contributed by atoms with Crippen LogP contribution in [0.3, 0.4) is 0 Å². The fraction of sp³-hybridized carbons (Fsp3) is 0.222. The second kappa shape index (κ2) is 6.89. The largest absolute Gasteiger partial charge is 0.411 e. The zero-order valence-electron chi connectivity index (χ0n) is 13.3. The van der Waals surface area contributed by atoms with Gasteiger partial charge in [-0.05, 0) is 61.7 Å². The lowest BCUT2D eigenvalue weighted by atomic mass is 10.0. The molecule has 0 spiro atoms. The van der Waals surface area contributed by atoms with Crippen LogP contribution in [0.1, 0.15) is 22.3 Å². The number of hydrogen-bond donors (Lipinski definition) is 0. The van der Waals surface area contributed by atoms with Crippen LogP contribution in [-0.4, -0.2) is 10.2 Å². The molecule has 1 aromatic heterocycles. The molecular formula is C18H17BrN2OS. The maximum atomic E-state index is 5.76. The quantitative estimate of drug-likeness (QED) is 0.535. The Bertz CT molecular complexity index is 804. The summed E-state index contributed by atoms with van der Waals surface area (Å²) in [6.45, 7) is 6.42. The van der Waals surface area contributed by atoms with Gasteiger partial charge in [-0.25, -0.2) is 0 Å². The molecule has 5 heteroatoms. The average molecular weight is 389 g/mol. The molecule has 3 aromatic rings. The lowest BCUT2D eigenvalue weighted by Gasteiger charge is -2.09. The van der Waals surface area contributed by atoms with Crippen molar-refractivity contribution in [2.75, 3.05) is 0 Å². The monoisotopic (exact) mass is 388 g/mol. The van der Waals surface area contributed by atoms with Crippen LogP contribution < -0.4 is 0 Å². The Morgan fingerprint density at radius 3 is 2.30 bits per heavy atom. The minimum Gasteiger partial charge on any atom is -0.411 e. The Kier molecular flexibility index (Phi) is 4.87. The summed E-state index contributed by atoms with van der Waals surface area (Å²) in [6, 6.07) is 12.3. The van der Waals surface area contributed by atoms with Crippen molar-refractivity contribution in [3.8, 4) is 11.5 Å². The highest BCUT2D eigenvalue weighted by Crippen LogP contribution is 2.29. The zero-order valence-corrected chi connectivity index (χ0v) is 15.7. The number of hydrogen-bond acceptors (Lipinski definition) is 4. The first kappa shape index (κ1) is 16.3. The van der Waals surface area contributed by atoms with E-state index in [0.29, 0.717) is 11.1 Å². The highest BCUT2D eigenvalue weighted by atomic mass is 79.9. The van der Waals surface area contributed by atoms with E-state index >= 15 is 0 Å². The Morgan fingerprint density at radius 1 is 1.00 bits per heavy atom. The van der Waals surface area contributed by atoms with E-state index in [4.69, 9.17) is 4.42 Å². The van der Waals surface area contributed by atoms with Gasteiger partial charge in [-0.3, -0.25) is 0 Å². The van der Waals surface area contributed by atoms with Crippen molar-refractivity contribution in [3.63, 3.8) is 0 Å². The minimum absolute atomic E-state index is 0.553. The number of rotatable bonds is 4. The van der Waals surface area contributed by atoms with Crippen LogP contribution >= 0.6 is 27.7 Å². The second-order valence-corrected chi connectivity index (χ2v) is 7.39. The molecule has 0 aliphatic rings. The number of aromatic nitrogens is 2. The van der Waals surface area contributed by atoms with E-state index < -0.39 is 0 Å². The van der Waals surface area contributed by atoms with Gasteiger partial charge in [0.2, 0.25) is 5.89 Å². The van der Waals surface area contributed by atoms with Crippen molar-refractivity contribution in [2.45, 2.75) is 31.7 Å². The van der Waals surface area contributed by atoms with Crippen molar-refractivity contribution >= 4 is 27.7 Å². The van der Waals surface area contributed by atoms with Gasteiger partial charge in [0.25, 0.3) is 5.22 Å². The lowest BCUT2D eigenvalue weighted by Crippen LogP contribution is -1.93. The van der Waals surface area contributed by atoms with Crippen molar-refractivity contribution in [1.29, 1.82) is 0 Å². The number of benzene rings is 2. The second-order valence-electron chi connectivity index (χ2n) is 5.55. The third kappa shape index (κ3) is 3.85. The molecule has 0 bridgehead atoms. The third-order valence-electron chi connectivity index (χ3n) is 3.68. The van der Waals surface area contributed by atoms with Crippen LogP contribution in [0, 0.1) is 20.8 Å². The van der Waals surface area contributed by atoms with Gasteiger partial charge in [0.15, 0.2) is 0 Å². The van der Waals surface area contributed by atoms with E-state index in [2.05, 4.69) is 59.0 Å². The van der Waals surface area contributed by atoms with Crippen molar-refractivity contribution in [3.05, 3.63) is 63.1 Å². The van der Waals surface area contributed by atoms with Crippen LogP contribution in [-0.2, 0) is 5.75 Å². The average Bonchev–Trinajstić information content (AvgIpc) is 2.96. The molecule has 0 unspecified atom stereocenters. The highest BCUT2D eigenvalue weighted by molar-refractivity contribution is 9.10. The summed E-state index contributed by atoms with van der Waals surface area (Å²) in [5.41, 5.74) is 6.17. The van der Waals surface area contributed by atoms with Gasteiger partial charge in [-0.15, -0.1) is 10.2 Å². The maximum absolute atomic E-state index is 5.76. The summed E-state index contributed by atoms with van der Waals surface area (Å²) < 4.78 is 6.79. The van der Waals surface area contributed by atoms with Gasteiger partial charge in [-0.1, -0.05) is 45.4 Å². The summed E-state index contributed by atoms with van der Waals surface area (Å²) in [5, 5.41) is 8.88. The molecule has 2 aromatic carbocycles. The molecule has 0 fully saturated rings. The molecule has 0 N–H and O–H groups in total. The predicted molar refractivity (Wildman–Crippen MR) is 97.6 cm³/mol. The summed E-state index contributed by atoms with van der Waals surface area (Å²) in [4.78, 5) is 0. The van der Waals surface area contributed by atoms with Crippen molar-refractivity contribution in [2.24, 2.45) is 0 Å². The van der Waals surface area contributed by atoms with Crippen LogP contribution in [0.2, 0.25) is 0 Å². The smallest absolute Gasteiger partial charge is 0.277 e. The number of thioether (sulfide) groups is 1. The minimum atomic E-state index is 0.553. The summed E-state index contributed by atoms with van der Waals surface area (Å²) in [5.74, 6) is 1.39. The molecule has 0 amide bonds. The SMILES string of the molecule is Cc1cc(C)c(CSc2nnc(-c3ccc(Br)cc3)o2)c(C)c1.